The van der Waals surface area contributed by atoms with Gasteiger partial charge in [0, 0.05) is 11.3 Å². The number of carbonyl (C=O) groups excluding carboxylic acids is 1. The topological polar surface area (TPSA) is 92.4 Å². The number of hydrogen-bond acceptors (Lipinski definition) is 3. The molecule has 5 nitrogen and oxygen atoms in total. The fourth-order valence-electron chi connectivity index (χ4n) is 1.54. The van der Waals surface area contributed by atoms with Crippen LogP contribution in [0, 0.1) is 5.92 Å². The number of nitrogens with two attached hydrogens (primary N) is 1. The third-order valence-corrected chi connectivity index (χ3v) is 2.94. The lowest BCUT2D eigenvalue weighted by atomic mass is 9.99. The van der Waals surface area contributed by atoms with E-state index in [1.54, 1.807) is 31.2 Å². The van der Waals surface area contributed by atoms with Gasteiger partial charge in [0.2, 0.25) is 0 Å². The van der Waals surface area contributed by atoms with Crippen molar-refractivity contribution in [2.75, 3.05) is 5.73 Å². The number of amides is 1. The third kappa shape index (κ3) is 3.48. The van der Waals surface area contributed by atoms with Crippen molar-refractivity contribution < 1.29 is 14.7 Å². The summed E-state index contributed by atoms with van der Waals surface area (Å²) in [5, 5.41) is 11.6. The predicted molar refractivity (Wildman–Crippen MR) is 69.2 cm³/mol. The largest absolute Gasteiger partial charge is 0.480 e. The zero-order valence-corrected chi connectivity index (χ0v) is 10.5. The molecule has 0 radical (unpaired) electrons. The van der Waals surface area contributed by atoms with Crippen LogP contribution < -0.4 is 11.1 Å². The number of hydrogen-bond donors (Lipinski definition) is 3. The standard InChI is InChI=1S/C13H18N2O3/c1-3-8(2)11(13(17)18)15-12(16)9-4-6-10(14)7-5-9/h4-8,11H,3,14H2,1-2H3,(H,15,16)(H,17,18)/t8?,11-/m0/s1. The molecule has 1 aromatic rings. The number of nitrogens with one attached hydrogen (secondary N) is 1. The van der Waals surface area contributed by atoms with Gasteiger partial charge < -0.3 is 16.2 Å². The van der Waals surface area contributed by atoms with Crippen LogP contribution in [0.25, 0.3) is 0 Å². The SMILES string of the molecule is CCC(C)[C@H](NC(=O)c1ccc(N)cc1)C(=O)O. The Morgan fingerprint density at radius 1 is 1.33 bits per heavy atom. The van der Waals surface area contributed by atoms with Crippen LogP contribution in [0.5, 0.6) is 0 Å². The van der Waals surface area contributed by atoms with Gasteiger partial charge in [0.1, 0.15) is 6.04 Å². The summed E-state index contributed by atoms with van der Waals surface area (Å²) < 4.78 is 0. The Kier molecular flexibility index (Phi) is 4.71. The van der Waals surface area contributed by atoms with Crippen molar-refractivity contribution in [3.63, 3.8) is 0 Å². The van der Waals surface area contributed by atoms with Crippen LogP contribution in [0.4, 0.5) is 5.69 Å². The highest BCUT2D eigenvalue weighted by Crippen LogP contribution is 2.10. The number of carboxylic acids is 1. The van der Waals surface area contributed by atoms with Crippen LogP contribution in [-0.2, 0) is 4.79 Å². The van der Waals surface area contributed by atoms with Crippen molar-refractivity contribution in [1.82, 2.24) is 5.32 Å². The van der Waals surface area contributed by atoms with Crippen molar-refractivity contribution in [2.24, 2.45) is 5.92 Å². The van der Waals surface area contributed by atoms with Crippen LogP contribution >= 0.6 is 0 Å². The summed E-state index contributed by atoms with van der Waals surface area (Å²) in [4.78, 5) is 23.0. The summed E-state index contributed by atoms with van der Waals surface area (Å²) in [6, 6.07) is 5.47. The zero-order valence-electron chi connectivity index (χ0n) is 10.5. The molecule has 0 aliphatic heterocycles. The lowest BCUT2D eigenvalue weighted by Crippen LogP contribution is -2.45. The minimum Gasteiger partial charge on any atom is -0.480 e. The smallest absolute Gasteiger partial charge is 0.326 e. The molecular weight excluding hydrogens is 232 g/mol. The molecule has 0 aliphatic carbocycles. The van der Waals surface area contributed by atoms with E-state index < -0.39 is 17.9 Å². The minimum absolute atomic E-state index is 0.125. The van der Waals surface area contributed by atoms with Gasteiger partial charge in [-0.15, -0.1) is 0 Å². The number of aliphatic carboxylic acids is 1. The summed E-state index contributed by atoms with van der Waals surface area (Å²) in [6.45, 7) is 3.68. The first kappa shape index (κ1) is 14.0. The fourth-order valence-corrected chi connectivity index (χ4v) is 1.54. The minimum atomic E-state index is -1.02. The molecule has 1 unspecified atom stereocenters. The number of rotatable bonds is 5. The maximum Gasteiger partial charge on any atom is 0.326 e. The van der Waals surface area contributed by atoms with E-state index in [4.69, 9.17) is 10.8 Å². The molecule has 1 amide bonds. The van der Waals surface area contributed by atoms with Gasteiger partial charge in [0.15, 0.2) is 0 Å². The highest BCUT2D eigenvalue weighted by Gasteiger charge is 2.25. The molecule has 0 saturated heterocycles. The van der Waals surface area contributed by atoms with Gasteiger partial charge in [-0.05, 0) is 30.2 Å². The average molecular weight is 250 g/mol. The lowest BCUT2D eigenvalue weighted by molar-refractivity contribution is -0.140. The van der Waals surface area contributed by atoms with Gasteiger partial charge >= 0.3 is 5.97 Å². The van der Waals surface area contributed by atoms with Crippen LogP contribution in [-0.4, -0.2) is 23.0 Å². The lowest BCUT2D eigenvalue weighted by Gasteiger charge is -2.20. The number of carboxylic acid groups (broad SMARTS) is 1. The molecule has 98 valence electrons. The van der Waals surface area contributed by atoms with Gasteiger partial charge in [0.25, 0.3) is 5.91 Å². The van der Waals surface area contributed by atoms with Crippen LogP contribution in [0.1, 0.15) is 30.6 Å². The van der Waals surface area contributed by atoms with Gasteiger partial charge in [0.05, 0.1) is 0 Å². The Morgan fingerprint density at radius 2 is 1.89 bits per heavy atom. The molecule has 2 atom stereocenters. The molecule has 5 heteroatoms. The van der Waals surface area contributed by atoms with Crippen molar-refractivity contribution in [1.29, 1.82) is 0 Å². The molecule has 0 aliphatic rings. The molecule has 1 aromatic carbocycles. The average Bonchev–Trinajstić information content (AvgIpc) is 2.35. The second-order valence-corrected chi connectivity index (χ2v) is 4.30. The summed E-state index contributed by atoms with van der Waals surface area (Å²) in [6.07, 6.45) is 0.680. The molecule has 0 spiro atoms. The van der Waals surface area contributed by atoms with E-state index in [1.165, 1.54) is 0 Å². The van der Waals surface area contributed by atoms with Gasteiger partial charge in [-0.1, -0.05) is 20.3 Å². The Bertz CT molecular complexity index is 428. The summed E-state index contributed by atoms with van der Waals surface area (Å²) in [5.74, 6) is -1.55. The first-order valence-corrected chi connectivity index (χ1v) is 5.85. The highest BCUT2D eigenvalue weighted by atomic mass is 16.4. The van der Waals surface area contributed by atoms with Crippen molar-refractivity contribution in [3.8, 4) is 0 Å². The van der Waals surface area contributed by atoms with E-state index in [0.29, 0.717) is 17.7 Å². The Hall–Kier alpha value is -2.04. The number of carbonyl (C=O) groups is 2. The van der Waals surface area contributed by atoms with Crippen molar-refractivity contribution in [3.05, 3.63) is 29.8 Å². The second-order valence-electron chi connectivity index (χ2n) is 4.30. The predicted octanol–water partition coefficient (Wildman–Crippen LogP) is 1.50. The highest BCUT2D eigenvalue weighted by molar-refractivity contribution is 5.96. The Balaban J connectivity index is 2.78. The molecule has 18 heavy (non-hydrogen) atoms. The summed E-state index contributed by atoms with van der Waals surface area (Å²) >= 11 is 0. The monoisotopic (exact) mass is 250 g/mol. The molecular formula is C13H18N2O3. The van der Waals surface area contributed by atoms with Gasteiger partial charge in [-0.25, -0.2) is 4.79 Å². The quantitative estimate of drug-likeness (QED) is 0.690. The maximum atomic E-state index is 11.9. The van der Waals surface area contributed by atoms with E-state index in [9.17, 15) is 9.59 Å². The molecule has 0 heterocycles. The third-order valence-electron chi connectivity index (χ3n) is 2.94. The molecule has 4 N–H and O–H groups in total. The van der Waals surface area contributed by atoms with Crippen LogP contribution in [0.3, 0.4) is 0 Å². The Morgan fingerprint density at radius 3 is 2.33 bits per heavy atom. The molecule has 0 saturated carbocycles. The normalized spacial score (nSPS) is 13.7. The number of benzene rings is 1. The number of nitrogen functional groups attached to an aromatic ring is 1. The van der Waals surface area contributed by atoms with E-state index in [-0.39, 0.29) is 5.92 Å². The first-order valence-electron chi connectivity index (χ1n) is 5.85. The summed E-state index contributed by atoms with van der Waals surface area (Å²) in [5.41, 5.74) is 6.48. The second kappa shape index (κ2) is 6.05. The fraction of sp³-hybridized carbons (Fsp3) is 0.385. The molecule has 0 fully saturated rings. The first-order chi connectivity index (χ1) is 8.45. The van der Waals surface area contributed by atoms with Crippen LogP contribution in [0.15, 0.2) is 24.3 Å². The van der Waals surface area contributed by atoms with Crippen molar-refractivity contribution in [2.45, 2.75) is 26.3 Å². The maximum absolute atomic E-state index is 11.9. The van der Waals surface area contributed by atoms with Gasteiger partial charge in [-0.2, -0.15) is 0 Å². The molecule has 0 aromatic heterocycles. The van der Waals surface area contributed by atoms with E-state index in [0.717, 1.165) is 0 Å². The van der Waals surface area contributed by atoms with E-state index >= 15 is 0 Å². The zero-order chi connectivity index (χ0) is 13.7. The molecule has 1 rings (SSSR count). The molecule has 0 bridgehead atoms. The van der Waals surface area contributed by atoms with E-state index in [1.807, 2.05) is 6.92 Å². The van der Waals surface area contributed by atoms with Crippen molar-refractivity contribution >= 4 is 17.6 Å². The van der Waals surface area contributed by atoms with Crippen LogP contribution in [0.2, 0.25) is 0 Å². The Labute approximate surface area is 106 Å². The summed E-state index contributed by atoms with van der Waals surface area (Å²) in [7, 11) is 0. The number of anilines is 1. The van der Waals surface area contributed by atoms with E-state index in [2.05, 4.69) is 5.32 Å². The van der Waals surface area contributed by atoms with Gasteiger partial charge in [-0.3, -0.25) is 4.79 Å².